The number of benzene rings is 2. The maximum absolute atomic E-state index is 13.5. The van der Waals surface area contributed by atoms with E-state index in [0.717, 1.165) is 0 Å². The van der Waals surface area contributed by atoms with Crippen LogP contribution < -0.4 is 9.47 Å². The molecule has 3 aromatic rings. The first-order valence-corrected chi connectivity index (χ1v) is 10.7. The number of aliphatic hydroxyl groups excluding tert-OH is 1. The zero-order valence-corrected chi connectivity index (χ0v) is 18.0. The lowest BCUT2D eigenvalue weighted by Gasteiger charge is -2.27. The van der Waals surface area contributed by atoms with Gasteiger partial charge in [-0.05, 0) is 48.4 Å². The fourth-order valence-electron chi connectivity index (χ4n) is 4.19. The molecule has 0 spiro atoms. The Morgan fingerprint density at radius 2 is 1.91 bits per heavy atom. The number of ether oxygens (including phenoxy) is 2. The third kappa shape index (κ3) is 3.29. The second-order valence-corrected chi connectivity index (χ2v) is 8.12. The third-order valence-corrected chi connectivity index (χ3v) is 5.83. The number of furan rings is 1. The van der Waals surface area contributed by atoms with Crippen LogP contribution >= 0.6 is 11.6 Å². The molecule has 2 aromatic carbocycles. The highest BCUT2D eigenvalue weighted by Gasteiger charge is 2.44. The second kappa shape index (κ2) is 7.91. The summed E-state index contributed by atoms with van der Waals surface area (Å²) in [7, 11) is 0. The summed E-state index contributed by atoms with van der Waals surface area (Å²) in [6.45, 7) is 3.16. The van der Waals surface area contributed by atoms with Gasteiger partial charge in [0, 0.05) is 17.0 Å². The van der Waals surface area contributed by atoms with Crippen molar-refractivity contribution in [2.24, 2.45) is 0 Å². The Morgan fingerprint density at radius 1 is 1.12 bits per heavy atom. The number of rotatable bonds is 5. The van der Waals surface area contributed by atoms with Crippen LogP contribution in [0.5, 0.6) is 11.5 Å². The number of carbonyl (C=O) groups is 2. The van der Waals surface area contributed by atoms with Gasteiger partial charge in [-0.2, -0.15) is 0 Å². The van der Waals surface area contributed by atoms with Gasteiger partial charge < -0.3 is 23.9 Å². The van der Waals surface area contributed by atoms with E-state index >= 15 is 0 Å². The van der Waals surface area contributed by atoms with E-state index in [0.29, 0.717) is 59.2 Å². The summed E-state index contributed by atoms with van der Waals surface area (Å²) < 4.78 is 17.0. The molecule has 1 unspecified atom stereocenters. The van der Waals surface area contributed by atoms with Gasteiger partial charge in [0.15, 0.2) is 23.0 Å². The summed E-state index contributed by atoms with van der Waals surface area (Å²) in [6.07, 6.45) is 0.657. The van der Waals surface area contributed by atoms with Crippen LogP contribution in [-0.4, -0.2) is 41.5 Å². The van der Waals surface area contributed by atoms with Crippen molar-refractivity contribution in [2.75, 3.05) is 19.8 Å². The standard InChI is InChI=1S/C24H20ClNO6/c1-2-7-26-21(13-3-5-17-18(11-13)31-9-8-30-17)20(23(28)24(26)29)22(27)19-12-14-10-15(25)4-6-16(14)32-19/h3-6,10-12,21,28H,2,7-9H2,1H3. The number of fused-ring (bicyclic) bond motifs is 2. The first kappa shape index (κ1) is 20.5. The number of Topliss-reactive ketones (excluding diaryl/α,β-unsaturated/α-hetero) is 1. The Labute approximate surface area is 188 Å². The normalized spacial score (nSPS) is 18.0. The molecule has 0 fully saturated rings. The molecule has 1 N–H and O–H groups in total. The number of ketones is 1. The molecule has 32 heavy (non-hydrogen) atoms. The van der Waals surface area contributed by atoms with E-state index in [4.69, 9.17) is 25.5 Å². The molecule has 0 bridgehead atoms. The Balaban J connectivity index is 1.60. The number of nitrogens with zero attached hydrogens (tertiary/aromatic N) is 1. The third-order valence-electron chi connectivity index (χ3n) is 5.60. The zero-order chi connectivity index (χ0) is 22.4. The number of carbonyl (C=O) groups excluding carboxylic acids is 2. The van der Waals surface area contributed by atoms with E-state index in [1.807, 2.05) is 6.92 Å². The van der Waals surface area contributed by atoms with Crippen molar-refractivity contribution in [1.82, 2.24) is 4.90 Å². The second-order valence-electron chi connectivity index (χ2n) is 7.69. The maximum Gasteiger partial charge on any atom is 0.290 e. The van der Waals surface area contributed by atoms with Gasteiger partial charge in [-0.3, -0.25) is 9.59 Å². The molecule has 1 atom stereocenters. The van der Waals surface area contributed by atoms with Crippen molar-refractivity contribution in [2.45, 2.75) is 19.4 Å². The first-order valence-electron chi connectivity index (χ1n) is 10.4. The molecule has 0 radical (unpaired) electrons. The molecule has 8 heteroatoms. The van der Waals surface area contributed by atoms with E-state index in [-0.39, 0.29) is 11.3 Å². The molecule has 3 heterocycles. The average Bonchev–Trinajstić information content (AvgIpc) is 3.32. The number of hydrogen-bond acceptors (Lipinski definition) is 6. The summed E-state index contributed by atoms with van der Waals surface area (Å²) in [6, 6.07) is 11.1. The molecule has 2 aliphatic rings. The lowest BCUT2D eigenvalue weighted by Crippen LogP contribution is -2.32. The molecule has 2 aliphatic heterocycles. The molecule has 0 saturated carbocycles. The molecule has 1 amide bonds. The number of halogens is 1. The largest absolute Gasteiger partial charge is 0.503 e. The van der Waals surface area contributed by atoms with Crippen molar-refractivity contribution in [3.63, 3.8) is 0 Å². The molecule has 0 aliphatic carbocycles. The SMILES string of the molecule is CCCN1C(=O)C(O)=C(C(=O)c2cc3cc(Cl)ccc3o2)C1c1ccc2c(c1)OCCO2. The fourth-order valence-corrected chi connectivity index (χ4v) is 4.37. The van der Waals surface area contributed by atoms with E-state index in [9.17, 15) is 14.7 Å². The summed E-state index contributed by atoms with van der Waals surface area (Å²) in [5, 5.41) is 11.9. The zero-order valence-electron chi connectivity index (χ0n) is 17.3. The van der Waals surface area contributed by atoms with Crippen molar-refractivity contribution in [3.05, 3.63) is 70.1 Å². The predicted molar refractivity (Wildman–Crippen MR) is 117 cm³/mol. The Bertz CT molecular complexity index is 1280. The quantitative estimate of drug-likeness (QED) is 0.556. The Hall–Kier alpha value is -3.45. The van der Waals surface area contributed by atoms with E-state index < -0.39 is 23.5 Å². The maximum atomic E-state index is 13.5. The van der Waals surface area contributed by atoms with Crippen LogP contribution in [-0.2, 0) is 4.79 Å². The summed E-state index contributed by atoms with van der Waals surface area (Å²) in [4.78, 5) is 27.9. The highest BCUT2D eigenvalue weighted by molar-refractivity contribution is 6.31. The fraction of sp³-hybridized carbons (Fsp3) is 0.250. The van der Waals surface area contributed by atoms with Gasteiger partial charge in [0.05, 0.1) is 11.6 Å². The number of hydrogen-bond donors (Lipinski definition) is 1. The van der Waals surface area contributed by atoms with Gasteiger partial charge in [-0.1, -0.05) is 24.6 Å². The highest BCUT2D eigenvalue weighted by Crippen LogP contribution is 2.42. The average molecular weight is 454 g/mol. The predicted octanol–water partition coefficient (Wildman–Crippen LogP) is 4.85. The lowest BCUT2D eigenvalue weighted by atomic mass is 9.94. The molecule has 7 nitrogen and oxygen atoms in total. The van der Waals surface area contributed by atoms with Gasteiger partial charge in [0.1, 0.15) is 18.8 Å². The molecule has 5 rings (SSSR count). The lowest BCUT2D eigenvalue weighted by molar-refractivity contribution is -0.129. The molecule has 0 saturated heterocycles. The minimum Gasteiger partial charge on any atom is -0.503 e. The van der Waals surface area contributed by atoms with E-state index in [1.165, 1.54) is 4.90 Å². The van der Waals surface area contributed by atoms with Crippen LogP contribution in [0.25, 0.3) is 11.0 Å². The van der Waals surface area contributed by atoms with Crippen molar-refractivity contribution < 1.29 is 28.6 Å². The van der Waals surface area contributed by atoms with Crippen LogP contribution in [0.15, 0.2) is 58.2 Å². The number of amides is 1. The Morgan fingerprint density at radius 3 is 2.69 bits per heavy atom. The summed E-state index contributed by atoms with van der Waals surface area (Å²) in [5.41, 5.74) is 1.11. The van der Waals surface area contributed by atoms with Crippen LogP contribution in [0.2, 0.25) is 5.02 Å². The minimum atomic E-state index is -0.775. The first-order chi connectivity index (χ1) is 15.5. The minimum absolute atomic E-state index is 0.0229. The molecular formula is C24H20ClNO6. The van der Waals surface area contributed by atoms with Gasteiger partial charge in [-0.25, -0.2) is 0 Å². The van der Waals surface area contributed by atoms with Gasteiger partial charge >= 0.3 is 0 Å². The molecule has 1 aromatic heterocycles. The molecule has 164 valence electrons. The monoisotopic (exact) mass is 453 g/mol. The van der Waals surface area contributed by atoms with Gasteiger partial charge in [0.25, 0.3) is 5.91 Å². The van der Waals surface area contributed by atoms with Gasteiger partial charge in [-0.15, -0.1) is 0 Å². The summed E-state index contributed by atoms with van der Waals surface area (Å²) in [5.74, 6) is -0.550. The van der Waals surface area contributed by atoms with Crippen LogP contribution in [0.1, 0.15) is 35.5 Å². The summed E-state index contributed by atoms with van der Waals surface area (Å²) >= 11 is 6.04. The van der Waals surface area contributed by atoms with Crippen LogP contribution in [0, 0.1) is 0 Å². The Kier molecular flexibility index (Phi) is 5.06. The van der Waals surface area contributed by atoms with Crippen molar-refractivity contribution in [3.8, 4) is 11.5 Å². The molecular weight excluding hydrogens is 434 g/mol. The van der Waals surface area contributed by atoms with Gasteiger partial charge in [0.2, 0.25) is 5.78 Å². The van der Waals surface area contributed by atoms with E-state index in [1.54, 1.807) is 42.5 Å². The van der Waals surface area contributed by atoms with Crippen LogP contribution in [0.3, 0.4) is 0 Å². The van der Waals surface area contributed by atoms with Crippen molar-refractivity contribution in [1.29, 1.82) is 0 Å². The van der Waals surface area contributed by atoms with Crippen LogP contribution in [0.4, 0.5) is 0 Å². The topological polar surface area (TPSA) is 89.2 Å². The smallest absolute Gasteiger partial charge is 0.290 e. The van der Waals surface area contributed by atoms with E-state index in [2.05, 4.69) is 0 Å². The number of aliphatic hydroxyl groups is 1. The highest BCUT2D eigenvalue weighted by atomic mass is 35.5. The van der Waals surface area contributed by atoms with Crippen molar-refractivity contribution >= 4 is 34.3 Å².